The van der Waals surface area contributed by atoms with Gasteiger partial charge >= 0.3 is 0 Å². The van der Waals surface area contributed by atoms with Crippen LogP contribution in [-0.2, 0) is 6.54 Å². The van der Waals surface area contributed by atoms with Crippen LogP contribution in [0.1, 0.15) is 24.8 Å². The molecule has 1 fully saturated rings. The number of hydrogen-bond donors (Lipinski definition) is 1. The fourth-order valence-electron chi connectivity index (χ4n) is 3.94. The molecule has 2 atom stereocenters. The topological polar surface area (TPSA) is 51.2 Å². The largest absolute Gasteiger partial charge is 0.497 e. The molecule has 0 amide bonds. The number of methoxy groups -OCH3 is 3. The summed E-state index contributed by atoms with van der Waals surface area (Å²) in [6.45, 7) is 2.04. The lowest BCUT2D eigenvalue weighted by Crippen LogP contribution is -2.23. The monoisotopic (exact) mass is 397 g/mol. The van der Waals surface area contributed by atoms with Gasteiger partial charge in [-0.2, -0.15) is 0 Å². The van der Waals surface area contributed by atoms with E-state index in [1.54, 1.807) is 21.3 Å². The smallest absolute Gasteiger partial charge is 0.160 e. The molecule has 1 N–H and O–H groups in total. The number of hydrogen-bond acceptors (Lipinski definition) is 5. The summed E-state index contributed by atoms with van der Waals surface area (Å²) in [5.74, 6) is 3.10. The minimum atomic E-state index is -0.247. The van der Waals surface area contributed by atoms with Crippen LogP contribution in [0.2, 0.25) is 0 Å². The molecule has 5 nitrogen and oxygen atoms in total. The first-order chi connectivity index (χ1) is 14.1. The minimum Gasteiger partial charge on any atom is -0.497 e. The molecule has 4 rings (SSSR count). The van der Waals surface area contributed by atoms with Gasteiger partial charge in [0.15, 0.2) is 11.5 Å². The Kier molecular flexibility index (Phi) is 7.42. The molecule has 0 bridgehead atoms. The molecule has 1 aliphatic carbocycles. The second kappa shape index (κ2) is 10.2. The van der Waals surface area contributed by atoms with Gasteiger partial charge in [-0.1, -0.05) is 24.3 Å². The Morgan fingerprint density at radius 2 is 1.52 bits per heavy atom. The van der Waals surface area contributed by atoms with Gasteiger partial charge in [-0.3, -0.25) is 0 Å². The first kappa shape index (κ1) is 21.1. The Hall–Kier alpha value is -2.66. The third-order valence-electron chi connectivity index (χ3n) is 5.53. The van der Waals surface area contributed by atoms with Crippen molar-refractivity contribution in [2.45, 2.75) is 31.9 Å². The molecular formula is C24H31NO4. The van der Waals surface area contributed by atoms with Gasteiger partial charge < -0.3 is 24.2 Å². The van der Waals surface area contributed by atoms with E-state index < -0.39 is 0 Å². The zero-order valence-electron chi connectivity index (χ0n) is 17.5. The van der Waals surface area contributed by atoms with Crippen LogP contribution >= 0.6 is 0 Å². The zero-order chi connectivity index (χ0) is 20.6. The number of nitrogens with zero attached hydrogens (tertiary/aromatic N) is 1. The van der Waals surface area contributed by atoms with E-state index >= 15 is 0 Å². The number of benzene rings is 2. The van der Waals surface area contributed by atoms with Crippen LogP contribution in [0.3, 0.4) is 0 Å². The maximum absolute atomic E-state index is 9.79. The van der Waals surface area contributed by atoms with Crippen molar-refractivity contribution >= 4 is 0 Å². The van der Waals surface area contributed by atoms with Crippen LogP contribution in [-0.4, -0.2) is 44.0 Å². The van der Waals surface area contributed by atoms with Crippen LogP contribution in [0.25, 0.3) is 0 Å². The highest BCUT2D eigenvalue weighted by Gasteiger charge is 2.31. The Bertz CT molecular complexity index is 780. The number of likely N-dealkylation sites (tertiary alicyclic amines) is 1. The van der Waals surface area contributed by atoms with Gasteiger partial charge in [-0.25, -0.2) is 0 Å². The molecule has 2 aromatic rings. The fourth-order valence-corrected chi connectivity index (χ4v) is 3.94. The average molecular weight is 398 g/mol. The molecule has 2 aromatic carbocycles. The van der Waals surface area contributed by atoms with E-state index in [2.05, 4.69) is 23.1 Å². The quantitative estimate of drug-likeness (QED) is 0.817. The van der Waals surface area contributed by atoms with E-state index in [0.29, 0.717) is 5.92 Å². The minimum absolute atomic E-state index is 0.247. The third kappa shape index (κ3) is 5.45. The first-order valence-electron chi connectivity index (χ1n) is 10.1. The predicted molar refractivity (Wildman–Crippen MR) is 114 cm³/mol. The summed E-state index contributed by atoms with van der Waals surface area (Å²) in [7, 11) is 4.93. The summed E-state index contributed by atoms with van der Waals surface area (Å²) in [4.78, 5) is 2.41. The Morgan fingerprint density at radius 1 is 0.862 bits per heavy atom. The molecule has 0 spiro atoms. The molecule has 0 aromatic heterocycles. The van der Waals surface area contributed by atoms with E-state index in [9.17, 15) is 5.11 Å². The highest BCUT2D eigenvalue weighted by molar-refractivity contribution is 5.39. The second-order valence-electron chi connectivity index (χ2n) is 7.35. The van der Waals surface area contributed by atoms with E-state index in [-0.39, 0.29) is 6.10 Å². The van der Waals surface area contributed by atoms with Crippen LogP contribution in [0.4, 0.5) is 0 Å². The van der Waals surface area contributed by atoms with Gasteiger partial charge in [0.05, 0.1) is 27.4 Å². The van der Waals surface area contributed by atoms with Crippen molar-refractivity contribution < 1.29 is 19.3 Å². The van der Waals surface area contributed by atoms with Crippen LogP contribution in [0, 0.1) is 5.92 Å². The van der Waals surface area contributed by atoms with E-state index in [4.69, 9.17) is 14.2 Å². The summed E-state index contributed by atoms with van der Waals surface area (Å²) in [5.41, 5.74) is 2.65. The maximum atomic E-state index is 9.79. The van der Waals surface area contributed by atoms with Crippen molar-refractivity contribution in [3.05, 3.63) is 65.9 Å². The normalized spacial score (nSPS) is 20.1. The molecule has 1 aliphatic heterocycles. The molecule has 156 valence electrons. The van der Waals surface area contributed by atoms with Gasteiger partial charge in [0.1, 0.15) is 5.75 Å². The summed E-state index contributed by atoms with van der Waals surface area (Å²) in [6.07, 6.45) is 5.10. The lowest BCUT2D eigenvalue weighted by Gasteiger charge is -2.27. The van der Waals surface area contributed by atoms with Gasteiger partial charge in [0.2, 0.25) is 0 Å². The SMILES string of the molecule is COc1ccc(CN2CCC3CCC(O)C=C32)cc1.COc1ccccc1OC. The van der Waals surface area contributed by atoms with Gasteiger partial charge in [0.25, 0.3) is 0 Å². The number of aliphatic hydroxyl groups is 1. The molecule has 0 radical (unpaired) electrons. The molecule has 29 heavy (non-hydrogen) atoms. The van der Waals surface area contributed by atoms with Gasteiger partial charge in [-0.05, 0) is 55.2 Å². The molecule has 1 saturated heterocycles. The Labute approximate surface area is 173 Å². The highest BCUT2D eigenvalue weighted by atomic mass is 16.5. The standard InChI is InChI=1S/C16H21NO2.C8H10O2/c1-19-15-6-2-12(3-7-15)11-17-9-8-13-4-5-14(18)10-16(13)17;1-9-7-5-3-4-6-8(7)10-2/h2-3,6-7,10,13-14,18H,4-5,8-9,11H2,1H3;3-6H,1-2H3. The molecule has 2 unspecified atom stereocenters. The number of rotatable bonds is 5. The maximum Gasteiger partial charge on any atom is 0.160 e. The fraction of sp³-hybridized carbons (Fsp3) is 0.417. The van der Waals surface area contributed by atoms with Crippen molar-refractivity contribution in [1.82, 2.24) is 4.90 Å². The number of allylic oxidation sites excluding steroid dienone is 1. The van der Waals surface area contributed by atoms with Crippen LogP contribution in [0.5, 0.6) is 17.2 Å². The van der Waals surface area contributed by atoms with E-state index in [1.807, 2.05) is 36.4 Å². The summed E-state index contributed by atoms with van der Waals surface area (Å²) in [6, 6.07) is 15.8. The van der Waals surface area contributed by atoms with E-state index in [0.717, 1.165) is 43.2 Å². The summed E-state index contributed by atoms with van der Waals surface area (Å²) >= 11 is 0. The summed E-state index contributed by atoms with van der Waals surface area (Å²) in [5, 5.41) is 9.79. The lowest BCUT2D eigenvalue weighted by molar-refractivity contribution is 0.187. The zero-order valence-corrected chi connectivity index (χ0v) is 17.5. The number of para-hydroxylation sites is 2. The van der Waals surface area contributed by atoms with Crippen molar-refractivity contribution in [3.63, 3.8) is 0 Å². The number of ether oxygens (including phenoxy) is 3. The molecular weight excluding hydrogens is 366 g/mol. The third-order valence-corrected chi connectivity index (χ3v) is 5.53. The number of fused-ring (bicyclic) bond motifs is 1. The van der Waals surface area contributed by atoms with Crippen LogP contribution < -0.4 is 14.2 Å². The van der Waals surface area contributed by atoms with Crippen molar-refractivity contribution in [2.24, 2.45) is 5.92 Å². The van der Waals surface area contributed by atoms with Crippen LogP contribution in [0.15, 0.2) is 60.3 Å². The predicted octanol–water partition coefficient (Wildman–Crippen LogP) is 4.26. The molecule has 0 saturated carbocycles. The van der Waals surface area contributed by atoms with Crippen molar-refractivity contribution in [2.75, 3.05) is 27.9 Å². The van der Waals surface area contributed by atoms with Gasteiger partial charge in [-0.15, -0.1) is 0 Å². The first-order valence-corrected chi connectivity index (χ1v) is 10.1. The van der Waals surface area contributed by atoms with Crippen molar-refractivity contribution in [1.29, 1.82) is 0 Å². The average Bonchev–Trinajstić information content (AvgIpc) is 3.16. The second-order valence-corrected chi connectivity index (χ2v) is 7.35. The molecule has 1 heterocycles. The molecule has 5 heteroatoms. The van der Waals surface area contributed by atoms with E-state index in [1.165, 1.54) is 17.7 Å². The Balaban J connectivity index is 0.000000204. The molecule has 2 aliphatic rings. The highest BCUT2D eigenvalue weighted by Crippen LogP contribution is 2.36. The van der Waals surface area contributed by atoms with Gasteiger partial charge in [0, 0.05) is 24.7 Å². The number of aliphatic hydroxyl groups excluding tert-OH is 1. The summed E-state index contributed by atoms with van der Waals surface area (Å²) < 4.78 is 15.2. The van der Waals surface area contributed by atoms with Crippen molar-refractivity contribution in [3.8, 4) is 17.2 Å². The Morgan fingerprint density at radius 3 is 2.10 bits per heavy atom. The lowest BCUT2D eigenvalue weighted by atomic mass is 9.91.